The van der Waals surface area contributed by atoms with E-state index < -0.39 is 17.5 Å². The van der Waals surface area contributed by atoms with Crippen LogP contribution in [0.4, 0.5) is 15.0 Å². The zero-order valence-electron chi connectivity index (χ0n) is 17.1. The Hall–Kier alpha value is -1.38. The summed E-state index contributed by atoms with van der Waals surface area (Å²) in [5.41, 5.74) is -0.389. The summed E-state index contributed by atoms with van der Waals surface area (Å²) in [6, 6.07) is 1.66. The molecule has 10 heteroatoms. The van der Waals surface area contributed by atoms with Crippen molar-refractivity contribution in [1.29, 1.82) is 0 Å². The number of nitrogens with zero attached hydrogens (tertiary/aromatic N) is 3. The number of hydrogen-bond donors (Lipinski definition) is 1. The smallest absolute Gasteiger partial charge is 0.407 e. The van der Waals surface area contributed by atoms with Crippen LogP contribution in [0, 0.1) is 11.7 Å². The Kier molecular flexibility index (Phi) is 7.30. The van der Waals surface area contributed by atoms with Gasteiger partial charge in [0.1, 0.15) is 16.9 Å². The Morgan fingerprint density at radius 3 is 2.83 bits per heavy atom. The molecule has 1 N–H and O–H groups in total. The van der Waals surface area contributed by atoms with Gasteiger partial charge in [0.2, 0.25) is 5.28 Å². The molecular weight excluding hydrogens is 498 g/mol. The lowest BCUT2D eigenvalue weighted by atomic mass is 9.94. The highest BCUT2D eigenvalue weighted by Crippen LogP contribution is 2.37. The summed E-state index contributed by atoms with van der Waals surface area (Å²) in [5, 5.41) is 3.57. The first kappa shape index (κ1) is 23.3. The molecule has 164 valence electrons. The molecule has 2 aromatic rings. The van der Waals surface area contributed by atoms with Crippen molar-refractivity contribution in [3.8, 4) is 0 Å². The second kappa shape index (κ2) is 9.40. The monoisotopic (exact) mass is 520 g/mol. The van der Waals surface area contributed by atoms with Gasteiger partial charge in [0.25, 0.3) is 0 Å². The topological polar surface area (TPSA) is 67.3 Å². The van der Waals surface area contributed by atoms with Crippen molar-refractivity contribution in [2.45, 2.75) is 45.6 Å². The Morgan fingerprint density at radius 2 is 2.13 bits per heavy atom. The van der Waals surface area contributed by atoms with E-state index in [1.54, 1.807) is 6.07 Å². The summed E-state index contributed by atoms with van der Waals surface area (Å²) in [6.07, 6.45) is 2.36. The number of nitrogens with one attached hydrogen (secondary N) is 1. The maximum absolute atomic E-state index is 14.7. The van der Waals surface area contributed by atoms with Crippen LogP contribution in [-0.4, -0.2) is 41.3 Å². The summed E-state index contributed by atoms with van der Waals surface area (Å²) in [7, 11) is 0. The number of benzene rings is 1. The van der Waals surface area contributed by atoms with Crippen LogP contribution in [0.2, 0.25) is 10.3 Å². The molecule has 30 heavy (non-hydrogen) atoms. The van der Waals surface area contributed by atoms with E-state index >= 15 is 0 Å². The fraction of sp³-hybridized carbons (Fsp3) is 0.550. The number of amides is 1. The number of carbonyl (C=O) groups is 1. The number of anilines is 1. The van der Waals surface area contributed by atoms with Crippen LogP contribution >= 0.6 is 39.1 Å². The zero-order valence-corrected chi connectivity index (χ0v) is 20.2. The Morgan fingerprint density at radius 1 is 1.40 bits per heavy atom. The molecule has 2 heterocycles. The van der Waals surface area contributed by atoms with E-state index in [1.165, 1.54) is 0 Å². The highest BCUT2D eigenvalue weighted by molar-refractivity contribution is 9.10. The fourth-order valence-corrected chi connectivity index (χ4v) is 4.22. The van der Waals surface area contributed by atoms with Gasteiger partial charge in [-0.15, -0.1) is 0 Å². The lowest BCUT2D eigenvalue weighted by Crippen LogP contribution is -2.38. The molecule has 1 atom stereocenters. The van der Waals surface area contributed by atoms with Crippen LogP contribution < -0.4 is 10.2 Å². The molecule has 1 aromatic heterocycles. The molecule has 1 fully saturated rings. The minimum atomic E-state index is -0.557. The summed E-state index contributed by atoms with van der Waals surface area (Å²) >= 11 is 15.4. The van der Waals surface area contributed by atoms with E-state index in [9.17, 15) is 9.18 Å². The second-order valence-corrected chi connectivity index (χ2v) is 9.91. The van der Waals surface area contributed by atoms with Gasteiger partial charge in [0.05, 0.1) is 9.50 Å². The number of piperidine rings is 1. The van der Waals surface area contributed by atoms with E-state index in [0.717, 1.165) is 25.8 Å². The van der Waals surface area contributed by atoms with Crippen LogP contribution in [0.1, 0.15) is 40.0 Å². The van der Waals surface area contributed by atoms with Gasteiger partial charge in [-0.25, -0.2) is 14.2 Å². The SMILES string of the molecule is CC(C)(C)OC(=O)NCCC1CCCN(c2nc(Cl)nc3c(F)c(Br)c(Cl)cc23)C1. The predicted molar refractivity (Wildman–Crippen MR) is 121 cm³/mol. The molecule has 1 unspecified atom stereocenters. The van der Waals surface area contributed by atoms with Crippen molar-refractivity contribution >= 4 is 61.9 Å². The Bertz CT molecular complexity index is 955. The summed E-state index contributed by atoms with van der Waals surface area (Å²) in [6.45, 7) is 7.50. The maximum Gasteiger partial charge on any atom is 0.407 e. The van der Waals surface area contributed by atoms with E-state index in [4.69, 9.17) is 27.9 Å². The summed E-state index contributed by atoms with van der Waals surface area (Å²) in [5.74, 6) is 0.356. The number of rotatable bonds is 4. The molecule has 1 aliphatic heterocycles. The van der Waals surface area contributed by atoms with Crippen LogP contribution in [0.15, 0.2) is 10.5 Å². The van der Waals surface area contributed by atoms with Gasteiger partial charge in [-0.1, -0.05) is 11.6 Å². The molecule has 6 nitrogen and oxygen atoms in total. The lowest BCUT2D eigenvalue weighted by molar-refractivity contribution is 0.0524. The van der Waals surface area contributed by atoms with Crippen LogP contribution in [0.3, 0.4) is 0 Å². The van der Waals surface area contributed by atoms with E-state index in [1.807, 2.05) is 20.8 Å². The van der Waals surface area contributed by atoms with Crippen LogP contribution in [0.25, 0.3) is 10.9 Å². The molecule has 1 amide bonds. The minimum absolute atomic E-state index is 0.0145. The normalized spacial score (nSPS) is 17.3. The fourth-order valence-electron chi connectivity index (χ4n) is 3.56. The first-order chi connectivity index (χ1) is 14.0. The zero-order chi connectivity index (χ0) is 22.1. The number of ether oxygens (including phenoxy) is 1. The van der Waals surface area contributed by atoms with Gasteiger partial charge in [-0.2, -0.15) is 4.98 Å². The van der Waals surface area contributed by atoms with E-state index in [0.29, 0.717) is 30.2 Å². The Labute approximate surface area is 193 Å². The molecule has 1 aromatic carbocycles. The number of hydrogen-bond acceptors (Lipinski definition) is 5. The second-order valence-electron chi connectivity index (χ2n) is 8.37. The average Bonchev–Trinajstić information content (AvgIpc) is 2.65. The lowest BCUT2D eigenvalue weighted by Gasteiger charge is -2.34. The molecule has 0 spiro atoms. The Balaban J connectivity index is 1.73. The van der Waals surface area contributed by atoms with Crippen molar-refractivity contribution in [3.63, 3.8) is 0 Å². The third-order valence-corrected chi connectivity index (χ3v) is 6.29. The predicted octanol–water partition coefficient (Wildman–Crippen LogP) is 5.97. The number of alkyl carbamates (subject to hydrolysis) is 1. The molecule has 1 aliphatic rings. The summed E-state index contributed by atoms with van der Waals surface area (Å²) < 4.78 is 20.1. The molecule has 0 saturated carbocycles. The number of aromatic nitrogens is 2. The van der Waals surface area contributed by atoms with Crippen LogP contribution in [0.5, 0.6) is 0 Å². The van der Waals surface area contributed by atoms with E-state index in [-0.39, 0.29) is 20.3 Å². The van der Waals surface area contributed by atoms with Crippen molar-refractivity contribution in [2.24, 2.45) is 5.92 Å². The first-order valence-corrected chi connectivity index (χ1v) is 11.3. The van der Waals surface area contributed by atoms with Crippen molar-refractivity contribution in [2.75, 3.05) is 24.5 Å². The molecule has 0 bridgehead atoms. The summed E-state index contributed by atoms with van der Waals surface area (Å²) in [4.78, 5) is 22.3. The van der Waals surface area contributed by atoms with Gasteiger partial charge in [0, 0.05) is 25.0 Å². The third kappa shape index (κ3) is 5.65. The third-order valence-electron chi connectivity index (χ3n) is 4.82. The van der Waals surface area contributed by atoms with Gasteiger partial charge < -0.3 is 15.0 Å². The number of carbonyl (C=O) groups excluding carboxylic acids is 1. The highest BCUT2D eigenvalue weighted by Gasteiger charge is 2.25. The van der Waals surface area contributed by atoms with Crippen molar-refractivity contribution < 1.29 is 13.9 Å². The van der Waals surface area contributed by atoms with E-state index in [2.05, 4.69) is 36.1 Å². The van der Waals surface area contributed by atoms with Gasteiger partial charge in [-0.3, -0.25) is 0 Å². The number of fused-ring (bicyclic) bond motifs is 1. The van der Waals surface area contributed by atoms with Gasteiger partial charge >= 0.3 is 6.09 Å². The molecule has 1 saturated heterocycles. The molecular formula is C20H24BrCl2FN4O2. The molecule has 0 aliphatic carbocycles. The average molecular weight is 522 g/mol. The highest BCUT2D eigenvalue weighted by atomic mass is 79.9. The maximum atomic E-state index is 14.7. The van der Waals surface area contributed by atoms with Gasteiger partial charge in [-0.05, 0) is 79.5 Å². The first-order valence-electron chi connectivity index (χ1n) is 9.77. The molecule has 3 rings (SSSR count). The van der Waals surface area contributed by atoms with Crippen molar-refractivity contribution in [1.82, 2.24) is 15.3 Å². The van der Waals surface area contributed by atoms with Gasteiger partial charge in [0.15, 0.2) is 5.82 Å². The standard InChI is InChI=1S/C20H24BrCl2FN4O2/c1-20(2,3)30-19(29)25-7-6-11-5-4-8-28(10-11)17-12-9-13(22)14(21)15(24)16(12)26-18(23)27-17/h9,11H,4-8,10H2,1-3H3,(H,25,29). The van der Waals surface area contributed by atoms with Crippen molar-refractivity contribution in [3.05, 3.63) is 26.7 Å². The molecule has 0 radical (unpaired) electrons. The quantitative estimate of drug-likeness (QED) is 0.396. The largest absolute Gasteiger partial charge is 0.444 e. The minimum Gasteiger partial charge on any atom is -0.444 e. The van der Waals surface area contributed by atoms with Crippen LogP contribution in [-0.2, 0) is 4.74 Å². The number of halogens is 4.